The lowest BCUT2D eigenvalue weighted by Gasteiger charge is -2.20. The quantitative estimate of drug-likeness (QED) is 0.479. The summed E-state index contributed by atoms with van der Waals surface area (Å²) in [6.07, 6.45) is 1.28. The van der Waals surface area contributed by atoms with E-state index in [9.17, 15) is 9.90 Å². The predicted molar refractivity (Wildman–Crippen MR) is 117 cm³/mol. The van der Waals surface area contributed by atoms with Crippen LogP contribution in [0.3, 0.4) is 0 Å². The lowest BCUT2D eigenvalue weighted by molar-refractivity contribution is -0.142. The molecule has 0 saturated carbocycles. The minimum absolute atomic E-state index is 0.0207. The number of carbonyl (C=O) groups excluding carboxylic acids is 1. The average Bonchev–Trinajstić information content (AvgIpc) is 2.82. The number of hydrogen-bond acceptors (Lipinski definition) is 4. The van der Waals surface area contributed by atoms with Crippen molar-refractivity contribution in [2.45, 2.75) is 31.3 Å². The van der Waals surface area contributed by atoms with E-state index in [1.807, 2.05) is 84.9 Å². The van der Waals surface area contributed by atoms with E-state index in [4.69, 9.17) is 9.47 Å². The summed E-state index contributed by atoms with van der Waals surface area (Å²) in [6.45, 7) is 0.536. The van der Waals surface area contributed by atoms with E-state index in [0.717, 1.165) is 22.4 Å². The molecule has 0 aliphatic rings. The van der Waals surface area contributed by atoms with Crippen molar-refractivity contribution in [3.05, 3.63) is 102 Å². The van der Waals surface area contributed by atoms with Gasteiger partial charge in [-0.1, -0.05) is 72.8 Å². The minimum Gasteiger partial charge on any atom is -0.489 e. The number of aliphatic hydroxyl groups is 1. The Balaban J connectivity index is 1.61. The fourth-order valence-electron chi connectivity index (χ4n) is 3.56. The molecule has 0 bridgehead atoms. The van der Waals surface area contributed by atoms with E-state index in [1.54, 1.807) is 0 Å². The smallest absolute Gasteiger partial charge is 0.313 e. The van der Waals surface area contributed by atoms with Gasteiger partial charge in [0.1, 0.15) is 12.4 Å². The Morgan fingerprint density at radius 1 is 0.833 bits per heavy atom. The first kappa shape index (κ1) is 21.6. The Bertz CT molecular complexity index is 891. The summed E-state index contributed by atoms with van der Waals surface area (Å²) in [4.78, 5) is 12.3. The second-order valence-corrected chi connectivity index (χ2v) is 7.29. The number of benzene rings is 3. The van der Waals surface area contributed by atoms with Crippen molar-refractivity contribution in [3.8, 4) is 5.75 Å². The zero-order valence-corrected chi connectivity index (χ0v) is 17.2. The Labute approximate surface area is 178 Å². The van der Waals surface area contributed by atoms with Crippen molar-refractivity contribution in [2.24, 2.45) is 0 Å². The number of esters is 1. The van der Waals surface area contributed by atoms with Gasteiger partial charge in [-0.25, -0.2) is 0 Å². The monoisotopic (exact) mass is 404 g/mol. The Hall–Kier alpha value is -3.11. The highest BCUT2D eigenvalue weighted by Gasteiger charge is 2.23. The summed E-state index contributed by atoms with van der Waals surface area (Å²) < 4.78 is 10.8. The molecule has 3 aromatic carbocycles. The molecule has 156 valence electrons. The molecule has 0 heterocycles. The van der Waals surface area contributed by atoms with E-state index >= 15 is 0 Å². The van der Waals surface area contributed by atoms with E-state index < -0.39 is 0 Å². The van der Waals surface area contributed by atoms with Gasteiger partial charge in [-0.3, -0.25) is 4.79 Å². The summed E-state index contributed by atoms with van der Waals surface area (Å²) >= 11 is 0. The fourth-order valence-corrected chi connectivity index (χ4v) is 3.56. The second-order valence-electron chi connectivity index (χ2n) is 7.29. The molecule has 0 aliphatic carbocycles. The predicted octanol–water partition coefficient (Wildman–Crippen LogP) is 5.08. The fraction of sp³-hybridized carbons (Fsp3) is 0.269. The minimum atomic E-state index is -0.335. The third-order valence-electron chi connectivity index (χ3n) is 5.31. The average molecular weight is 405 g/mol. The summed E-state index contributed by atoms with van der Waals surface area (Å²) in [5.41, 5.74) is 3.08. The molecule has 0 aliphatic heterocycles. The van der Waals surface area contributed by atoms with Gasteiger partial charge in [0.15, 0.2) is 0 Å². The van der Waals surface area contributed by atoms with Crippen LogP contribution >= 0.6 is 0 Å². The van der Waals surface area contributed by atoms with Crippen molar-refractivity contribution >= 4 is 5.97 Å². The molecule has 2 atom stereocenters. The van der Waals surface area contributed by atoms with Gasteiger partial charge in [-0.2, -0.15) is 0 Å². The van der Waals surface area contributed by atoms with E-state index in [0.29, 0.717) is 19.4 Å². The van der Waals surface area contributed by atoms with Crippen molar-refractivity contribution in [3.63, 3.8) is 0 Å². The molecule has 0 radical (unpaired) electrons. The first-order valence-electron chi connectivity index (χ1n) is 10.2. The van der Waals surface area contributed by atoms with Crippen LogP contribution in [0.2, 0.25) is 0 Å². The zero-order valence-electron chi connectivity index (χ0n) is 17.2. The van der Waals surface area contributed by atoms with Gasteiger partial charge in [0.2, 0.25) is 0 Å². The molecule has 4 nitrogen and oxygen atoms in total. The molecule has 3 aromatic rings. The van der Waals surface area contributed by atoms with Gasteiger partial charge in [0.05, 0.1) is 13.0 Å². The van der Waals surface area contributed by atoms with Gasteiger partial charge < -0.3 is 14.6 Å². The SMILES string of the molecule is COC(=O)C(CCC(CO)c1ccc(OCc2ccccc2)cc1)c1ccccc1. The highest BCUT2D eigenvalue weighted by molar-refractivity contribution is 5.78. The van der Waals surface area contributed by atoms with Crippen LogP contribution in [0.5, 0.6) is 5.75 Å². The van der Waals surface area contributed by atoms with E-state index in [2.05, 4.69) is 0 Å². The maximum absolute atomic E-state index is 12.3. The van der Waals surface area contributed by atoms with Gasteiger partial charge in [-0.15, -0.1) is 0 Å². The van der Waals surface area contributed by atoms with Gasteiger partial charge >= 0.3 is 5.97 Å². The molecular formula is C26H28O4. The molecular weight excluding hydrogens is 376 g/mol. The first-order chi connectivity index (χ1) is 14.7. The van der Waals surface area contributed by atoms with Gasteiger partial charge in [0, 0.05) is 12.5 Å². The first-order valence-corrected chi connectivity index (χ1v) is 10.2. The lowest BCUT2D eigenvalue weighted by Crippen LogP contribution is -2.16. The molecule has 0 fully saturated rings. The van der Waals surface area contributed by atoms with Crippen LogP contribution in [0.25, 0.3) is 0 Å². The number of carbonyl (C=O) groups is 1. The van der Waals surface area contributed by atoms with Gasteiger partial charge in [0.25, 0.3) is 0 Å². The summed E-state index contributed by atoms with van der Waals surface area (Å²) in [7, 11) is 1.41. The van der Waals surface area contributed by atoms with Crippen LogP contribution in [0, 0.1) is 0 Å². The molecule has 0 spiro atoms. The third kappa shape index (κ3) is 5.94. The number of rotatable bonds is 10. The molecule has 2 unspecified atom stereocenters. The summed E-state index contributed by atoms with van der Waals surface area (Å²) in [5.74, 6) is 0.154. The Morgan fingerprint density at radius 2 is 1.47 bits per heavy atom. The zero-order chi connectivity index (χ0) is 21.2. The normalized spacial score (nSPS) is 12.7. The highest BCUT2D eigenvalue weighted by Crippen LogP contribution is 2.30. The molecule has 0 aromatic heterocycles. The van der Waals surface area contributed by atoms with Crippen LogP contribution in [-0.4, -0.2) is 24.8 Å². The molecule has 30 heavy (non-hydrogen) atoms. The topological polar surface area (TPSA) is 55.8 Å². The molecule has 4 heteroatoms. The number of methoxy groups -OCH3 is 1. The van der Waals surface area contributed by atoms with Crippen molar-refractivity contribution in [2.75, 3.05) is 13.7 Å². The van der Waals surface area contributed by atoms with Crippen molar-refractivity contribution in [1.29, 1.82) is 0 Å². The van der Waals surface area contributed by atoms with Crippen molar-refractivity contribution < 1.29 is 19.4 Å². The molecule has 1 N–H and O–H groups in total. The Morgan fingerprint density at radius 3 is 2.07 bits per heavy atom. The van der Waals surface area contributed by atoms with E-state index in [1.165, 1.54) is 7.11 Å². The van der Waals surface area contributed by atoms with Gasteiger partial charge in [-0.05, 0) is 41.7 Å². The standard InChI is InChI=1S/C26H28O4/c1-29-26(28)25(22-10-6-3-7-11-22)17-14-23(18-27)21-12-15-24(16-13-21)30-19-20-8-4-2-5-9-20/h2-13,15-16,23,25,27H,14,17-19H2,1H3. The van der Waals surface area contributed by atoms with Crippen LogP contribution in [0.4, 0.5) is 0 Å². The highest BCUT2D eigenvalue weighted by atomic mass is 16.5. The lowest BCUT2D eigenvalue weighted by atomic mass is 9.87. The largest absolute Gasteiger partial charge is 0.489 e. The number of hydrogen-bond donors (Lipinski definition) is 1. The van der Waals surface area contributed by atoms with Crippen LogP contribution in [0.1, 0.15) is 41.4 Å². The van der Waals surface area contributed by atoms with E-state index in [-0.39, 0.29) is 24.4 Å². The van der Waals surface area contributed by atoms with Crippen LogP contribution < -0.4 is 4.74 Å². The molecule has 3 rings (SSSR count). The van der Waals surface area contributed by atoms with Crippen LogP contribution in [-0.2, 0) is 16.1 Å². The maximum atomic E-state index is 12.3. The Kier molecular flexibility index (Phi) is 8.04. The summed E-state index contributed by atoms with van der Waals surface area (Å²) in [5, 5.41) is 9.93. The van der Waals surface area contributed by atoms with Crippen LogP contribution in [0.15, 0.2) is 84.9 Å². The number of aliphatic hydroxyl groups excluding tert-OH is 1. The maximum Gasteiger partial charge on any atom is 0.313 e. The molecule has 0 saturated heterocycles. The second kappa shape index (κ2) is 11.2. The number of ether oxygens (including phenoxy) is 2. The molecule has 0 amide bonds. The van der Waals surface area contributed by atoms with Crippen molar-refractivity contribution in [1.82, 2.24) is 0 Å². The summed E-state index contributed by atoms with van der Waals surface area (Å²) in [6, 6.07) is 27.5. The third-order valence-corrected chi connectivity index (χ3v) is 5.31.